The van der Waals surface area contributed by atoms with Crippen LogP contribution in [0.1, 0.15) is 41.6 Å². The van der Waals surface area contributed by atoms with Crippen LogP contribution in [0.2, 0.25) is 0 Å². The average molecular weight is 543 g/mol. The largest absolute Gasteiger partial charge is 0.485 e. The number of hydrogen-bond acceptors (Lipinski definition) is 6. The molecule has 2 atom stereocenters. The lowest BCUT2D eigenvalue weighted by atomic mass is 9.96. The van der Waals surface area contributed by atoms with Gasteiger partial charge in [-0.2, -0.15) is 13.2 Å². The molecule has 198 valence electrons. The minimum absolute atomic E-state index is 0.00919. The van der Waals surface area contributed by atoms with Gasteiger partial charge in [-0.1, -0.05) is 30.3 Å². The van der Waals surface area contributed by atoms with E-state index >= 15 is 0 Å². The van der Waals surface area contributed by atoms with Crippen molar-refractivity contribution in [3.05, 3.63) is 94.6 Å². The summed E-state index contributed by atoms with van der Waals surface area (Å²) >= 11 is 1.28. The lowest BCUT2D eigenvalue weighted by Crippen LogP contribution is -2.43. The van der Waals surface area contributed by atoms with Crippen molar-refractivity contribution >= 4 is 17.3 Å². The fraction of sp³-hybridized carbons (Fsp3) is 0.250. The Bertz CT molecular complexity index is 1410. The van der Waals surface area contributed by atoms with Gasteiger partial charge in [-0.25, -0.2) is 14.8 Å². The highest BCUT2D eigenvalue weighted by atomic mass is 32.1. The van der Waals surface area contributed by atoms with Crippen LogP contribution in [0.3, 0.4) is 0 Å². The van der Waals surface area contributed by atoms with Gasteiger partial charge in [-0.05, 0) is 68.3 Å². The quantitative estimate of drug-likeness (QED) is 0.242. The predicted octanol–water partition coefficient (Wildman–Crippen LogP) is 7.14. The molecule has 2 aromatic carbocycles. The number of aryl methyl sites for hydroxylation is 1. The monoisotopic (exact) mass is 542 g/mol. The van der Waals surface area contributed by atoms with Gasteiger partial charge in [0, 0.05) is 17.5 Å². The topological polar surface area (TPSA) is 81.5 Å². The van der Waals surface area contributed by atoms with Gasteiger partial charge in [0.1, 0.15) is 23.3 Å². The zero-order chi connectivity index (χ0) is 27.5. The summed E-state index contributed by atoms with van der Waals surface area (Å²) in [5.41, 5.74) is -0.854. The number of benzene rings is 2. The van der Waals surface area contributed by atoms with Gasteiger partial charge in [-0.15, -0.1) is 11.3 Å². The Kier molecular flexibility index (Phi) is 7.73. The smallest absolute Gasteiger partial charge is 0.433 e. The lowest BCUT2D eigenvalue weighted by molar-refractivity contribution is -0.153. The predicted molar refractivity (Wildman–Crippen MR) is 137 cm³/mol. The molecule has 0 spiro atoms. The summed E-state index contributed by atoms with van der Waals surface area (Å²) in [7, 11) is 0. The van der Waals surface area contributed by atoms with E-state index in [9.17, 15) is 23.1 Å². The molecule has 0 amide bonds. The summed E-state index contributed by atoms with van der Waals surface area (Å²) in [5.74, 6) is -0.0433. The molecule has 38 heavy (non-hydrogen) atoms. The molecular weight excluding hydrogens is 517 g/mol. The SMILES string of the molecule is Cc1cc(-c2nccc(C(F)(F)F)n2)sc1C(C)Oc1ccc(CC(C)(Oc2ccccc2)C(=O)O)cc1. The van der Waals surface area contributed by atoms with Crippen LogP contribution in [0.4, 0.5) is 13.2 Å². The zero-order valence-electron chi connectivity index (χ0n) is 20.8. The normalized spacial score (nSPS) is 13.9. The summed E-state index contributed by atoms with van der Waals surface area (Å²) in [6.45, 7) is 5.23. The Morgan fingerprint density at radius 3 is 2.37 bits per heavy atom. The number of carbonyl (C=O) groups is 1. The van der Waals surface area contributed by atoms with Crippen LogP contribution >= 0.6 is 11.3 Å². The molecule has 0 saturated heterocycles. The van der Waals surface area contributed by atoms with Crippen LogP contribution in [0.15, 0.2) is 72.9 Å². The van der Waals surface area contributed by atoms with E-state index in [0.29, 0.717) is 16.4 Å². The van der Waals surface area contributed by atoms with Gasteiger partial charge >= 0.3 is 12.1 Å². The van der Waals surface area contributed by atoms with E-state index in [-0.39, 0.29) is 12.2 Å². The molecule has 0 saturated carbocycles. The van der Waals surface area contributed by atoms with Gasteiger partial charge in [-0.3, -0.25) is 0 Å². The van der Waals surface area contributed by atoms with Crippen molar-refractivity contribution in [2.24, 2.45) is 0 Å². The third kappa shape index (κ3) is 6.31. The zero-order valence-corrected chi connectivity index (χ0v) is 21.6. The number of ether oxygens (including phenoxy) is 2. The van der Waals surface area contributed by atoms with Gasteiger partial charge < -0.3 is 14.6 Å². The Morgan fingerprint density at radius 1 is 1.05 bits per heavy atom. The van der Waals surface area contributed by atoms with Crippen molar-refractivity contribution in [3.8, 4) is 22.2 Å². The summed E-state index contributed by atoms with van der Waals surface area (Å²) in [5, 5.41) is 9.81. The molecular formula is C28H25F3N2O4S. The number of aromatic nitrogens is 2. The molecule has 2 unspecified atom stereocenters. The number of nitrogens with zero attached hydrogens (tertiary/aromatic N) is 2. The van der Waals surface area contributed by atoms with Crippen molar-refractivity contribution < 1.29 is 32.5 Å². The molecule has 4 aromatic rings. The van der Waals surface area contributed by atoms with Crippen molar-refractivity contribution in [3.63, 3.8) is 0 Å². The first-order chi connectivity index (χ1) is 17.9. The van der Waals surface area contributed by atoms with Gasteiger partial charge in [0.2, 0.25) is 5.60 Å². The molecule has 2 aromatic heterocycles. The van der Waals surface area contributed by atoms with Gasteiger partial charge in [0.25, 0.3) is 0 Å². The minimum Gasteiger partial charge on any atom is -0.485 e. The molecule has 1 N–H and O–H groups in total. The first-order valence-corrected chi connectivity index (χ1v) is 12.5. The molecule has 0 aliphatic rings. The second-order valence-corrected chi connectivity index (χ2v) is 10.0. The average Bonchev–Trinajstić information content (AvgIpc) is 3.27. The standard InChI is InChI=1S/C28H25F3N2O4S/c1-17-15-22(25-32-14-13-23(33-25)28(29,30)31)38-24(17)18(2)36-20-11-9-19(10-12-20)16-27(3,26(34)35)37-21-7-5-4-6-8-21/h4-15,18H,16H2,1-3H3,(H,34,35). The van der Waals surface area contributed by atoms with Crippen molar-refractivity contribution in [1.82, 2.24) is 9.97 Å². The first-order valence-electron chi connectivity index (χ1n) is 11.7. The van der Waals surface area contributed by atoms with Gasteiger partial charge in [0.15, 0.2) is 5.82 Å². The van der Waals surface area contributed by atoms with E-state index in [1.165, 1.54) is 18.3 Å². The van der Waals surface area contributed by atoms with Crippen molar-refractivity contribution in [2.75, 3.05) is 0 Å². The highest BCUT2D eigenvalue weighted by Crippen LogP contribution is 2.36. The molecule has 6 nitrogen and oxygen atoms in total. The van der Waals surface area contributed by atoms with E-state index < -0.39 is 29.5 Å². The molecule has 10 heteroatoms. The summed E-state index contributed by atoms with van der Waals surface area (Å²) < 4.78 is 51.0. The van der Waals surface area contributed by atoms with E-state index in [2.05, 4.69) is 9.97 Å². The molecule has 0 fully saturated rings. The van der Waals surface area contributed by atoms with Crippen molar-refractivity contribution in [1.29, 1.82) is 0 Å². The maximum Gasteiger partial charge on any atom is 0.433 e. The Morgan fingerprint density at radius 2 is 1.74 bits per heavy atom. The summed E-state index contributed by atoms with van der Waals surface area (Å²) in [4.78, 5) is 21.0. The third-order valence-electron chi connectivity index (χ3n) is 5.81. The van der Waals surface area contributed by atoms with Crippen LogP contribution in [0.25, 0.3) is 10.7 Å². The van der Waals surface area contributed by atoms with Crippen LogP contribution in [-0.2, 0) is 17.4 Å². The molecule has 0 bridgehead atoms. The maximum atomic E-state index is 13.1. The fourth-order valence-electron chi connectivity index (χ4n) is 3.88. The minimum atomic E-state index is -4.55. The Balaban J connectivity index is 1.46. The number of rotatable bonds is 9. The number of hydrogen-bond donors (Lipinski definition) is 1. The number of carboxylic acid groups (broad SMARTS) is 1. The third-order valence-corrected chi connectivity index (χ3v) is 7.20. The highest BCUT2D eigenvalue weighted by Gasteiger charge is 2.36. The Labute approximate surface area is 221 Å². The van der Waals surface area contributed by atoms with E-state index in [1.54, 1.807) is 54.6 Å². The number of para-hydroxylation sites is 1. The van der Waals surface area contributed by atoms with E-state index in [1.807, 2.05) is 19.9 Å². The molecule has 2 heterocycles. The number of aliphatic carboxylic acids is 1. The number of alkyl halides is 3. The number of carboxylic acids is 1. The summed E-state index contributed by atoms with van der Waals surface area (Å²) in [6, 6.07) is 18.4. The summed E-state index contributed by atoms with van der Waals surface area (Å²) in [6.07, 6.45) is -3.71. The second-order valence-electron chi connectivity index (χ2n) is 8.95. The van der Waals surface area contributed by atoms with Crippen LogP contribution in [0, 0.1) is 6.92 Å². The molecule has 0 aliphatic heterocycles. The fourth-order valence-corrected chi connectivity index (χ4v) is 4.98. The molecule has 0 radical (unpaired) electrons. The van der Waals surface area contributed by atoms with E-state index in [0.717, 1.165) is 28.3 Å². The maximum absolute atomic E-state index is 13.1. The molecule has 0 aliphatic carbocycles. The Hall–Kier alpha value is -3.92. The first kappa shape index (κ1) is 27.1. The van der Waals surface area contributed by atoms with Crippen LogP contribution in [0.5, 0.6) is 11.5 Å². The van der Waals surface area contributed by atoms with Crippen LogP contribution < -0.4 is 9.47 Å². The number of halogens is 3. The highest BCUT2D eigenvalue weighted by molar-refractivity contribution is 7.15. The number of thiophene rings is 1. The molecule has 4 rings (SSSR count). The van der Waals surface area contributed by atoms with Crippen LogP contribution in [-0.4, -0.2) is 26.6 Å². The van der Waals surface area contributed by atoms with Crippen molar-refractivity contribution in [2.45, 2.75) is 45.1 Å². The second kappa shape index (κ2) is 10.8. The van der Waals surface area contributed by atoms with E-state index in [4.69, 9.17) is 9.47 Å². The van der Waals surface area contributed by atoms with Gasteiger partial charge in [0.05, 0.1) is 4.88 Å². The lowest BCUT2D eigenvalue weighted by Gasteiger charge is -2.26.